The molecule has 1 aromatic heterocycles. The Morgan fingerprint density at radius 2 is 1.96 bits per heavy atom. The number of hydrogen-bond donors (Lipinski definition) is 1. The summed E-state index contributed by atoms with van der Waals surface area (Å²) in [6.07, 6.45) is 1.69. The molecule has 134 valence electrons. The Bertz CT molecular complexity index is 927. The van der Waals surface area contributed by atoms with Gasteiger partial charge >= 0.3 is 0 Å². The number of ether oxygens (including phenoxy) is 1. The molecule has 1 N–H and O–H groups in total. The highest BCUT2D eigenvalue weighted by Gasteiger charge is 2.16. The van der Waals surface area contributed by atoms with Gasteiger partial charge in [-0.1, -0.05) is 30.3 Å². The second-order valence-corrected chi connectivity index (χ2v) is 6.35. The molecule has 0 saturated carbocycles. The van der Waals surface area contributed by atoms with Crippen LogP contribution in [0, 0.1) is 5.82 Å². The summed E-state index contributed by atoms with van der Waals surface area (Å²) in [5, 5.41) is 7.07. The third-order valence-electron chi connectivity index (χ3n) is 3.67. The number of hydrogen-bond acceptors (Lipinski definition) is 3. The van der Waals surface area contributed by atoms with Crippen LogP contribution >= 0.6 is 15.9 Å². The van der Waals surface area contributed by atoms with Crippen molar-refractivity contribution in [2.24, 2.45) is 0 Å². The minimum atomic E-state index is -0.328. The fourth-order valence-electron chi connectivity index (χ4n) is 2.47. The van der Waals surface area contributed by atoms with Crippen LogP contribution in [-0.4, -0.2) is 22.3 Å². The zero-order valence-corrected chi connectivity index (χ0v) is 15.7. The Hall–Kier alpha value is -2.67. The lowest BCUT2D eigenvalue weighted by Gasteiger charge is -2.09. The molecule has 1 heterocycles. The molecule has 0 bridgehead atoms. The van der Waals surface area contributed by atoms with Gasteiger partial charge in [0.1, 0.15) is 11.6 Å². The number of nitrogens with zero attached hydrogens (tertiary/aromatic N) is 2. The van der Waals surface area contributed by atoms with E-state index in [9.17, 15) is 9.18 Å². The van der Waals surface area contributed by atoms with Crippen LogP contribution in [0.3, 0.4) is 0 Å². The van der Waals surface area contributed by atoms with E-state index < -0.39 is 0 Å². The van der Waals surface area contributed by atoms with Crippen molar-refractivity contribution in [1.29, 1.82) is 0 Å². The highest BCUT2D eigenvalue weighted by Crippen LogP contribution is 2.24. The smallest absolute Gasteiger partial charge is 0.260 e. The van der Waals surface area contributed by atoms with Crippen molar-refractivity contribution in [3.8, 4) is 5.75 Å². The molecule has 3 rings (SSSR count). The van der Waals surface area contributed by atoms with Crippen molar-refractivity contribution < 1.29 is 13.9 Å². The van der Waals surface area contributed by atoms with Gasteiger partial charge in [0, 0.05) is 11.8 Å². The van der Waals surface area contributed by atoms with Gasteiger partial charge in [-0.15, -0.1) is 0 Å². The van der Waals surface area contributed by atoms with Crippen molar-refractivity contribution in [3.05, 3.63) is 76.1 Å². The van der Waals surface area contributed by atoms with Gasteiger partial charge in [-0.25, -0.2) is 4.39 Å². The average molecular weight is 418 g/mol. The van der Waals surface area contributed by atoms with Crippen LogP contribution in [0.4, 0.5) is 10.2 Å². The molecule has 0 aliphatic heterocycles. The third kappa shape index (κ3) is 4.11. The van der Waals surface area contributed by atoms with Gasteiger partial charge in [0.25, 0.3) is 5.91 Å². The van der Waals surface area contributed by atoms with E-state index in [-0.39, 0.29) is 18.3 Å². The van der Waals surface area contributed by atoms with Crippen LogP contribution in [0.1, 0.15) is 22.8 Å². The topological polar surface area (TPSA) is 56.1 Å². The molecule has 0 saturated heterocycles. The van der Waals surface area contributed by atoms with Crippen molar-refractivity contribution in [2.75, 3.05) is 11.9 Å². The molecule has 1 amide bonds. The molecule has 0 unspecified atom stereocenters. The number of benzene rings is 2. The van der Waals surface area contributed by atoms with Gasteiger partial charge in [-0.05, 0) is 41.1 Å². The first kappa shape index (κ1) is 18.1. The number of halogens is 2. The summed E-state index contributed by atoms with van der Waals surface area (Å²) in [7, 11) is 0. The summed E-state index contributed by atoms with van der Waals surface area (Å²) >= 11 is 3.38. The lowest BCUT2D eigenvalue weighted by atomic mass is 10.2. The van der Waals surface area contributed by atoms with Gasteiger partial charge in [0.2, 0.25) is 0 Å². The fourth-order valence-corrected chi connectivity index (χ4v) is 2.89. The predicted molar refractivity (Wildman–Crippen MR) is 101 cm³/mol. The van der Waals surface area contributed by atoms with E-state index >= 15 is 0 Å². The normalized spacial score (nSPS) is 10.6. The summed E-state index contributed by atoms with van der Waals surface area (Å²) in [5.41, 5.74) is 0.937. The van der Waals surface area contributed by atoms with Gasteiger partial charge in [0.15, 0.2) is 5.82 Å². The number of nitrogens with one attached hydrogen (secondary N) is 1. The number of carbonyl (C=O) groups is 1. The quantitative estimate of drug-likeness (QED) is 0.642. The summed E-state index contributed by atoms with van der Waals surface area (Å²) < 4.78 is 21.4. The van der Waals surface area contributed by atoms with Crippen LogP contribution in [0.2, 0.25) is 0 Å². The molecular weight excluding hydrogens is 401 g/mol. The summed E-state index contributed by atoms with van der Waals surface area (Å²) in [6, 6.07) is 13.5. The predicted octanol–water partition coefficient (Wildman–Crippen LogP) is 4.48. The van der Waals surface area contributed by atoms with Gasteiger partial charge < -0.3 is 10.1 Å². The lowest BCUT2D eigenvalue weighted by molar-refractivity contribution is 0.102. The molecule has 0 radical (unpaired) electrons. The first-order chi connectivity index (χ1) is 12.6. The minimum absolute atomic E-state index is 0.261. The number of anilines is 1. The summed E-state index contributed by atoms with van der Waals surface area (Å²) in [6.45, 7) is 2.58. The van der Waals surface area contributed by atoms with Crippen molar-refractivity contribution in [2.45, 2.75) is 13.5 Å². The fraction of sp³-hybridized carbons (Fsp3) is 0.158. The summed E-state index contributed by atoms with van der Waals surface area (Å²) in [5.74, 6) is 0.244. The van der Waals surface area contributed by atoms with Crippen molar-refractivity contribution in [1.82, 2.24) is 9.78 Å². The largest absolute Gasteiger partial charge is 0.493 e. The maximum atomic E-state index is 13.8. The van der Waals surface area contributed by atoms with Crippen LogP contribution in [0.5, 0.6) is 5.75 Å². The monoisotopic (exact) mass is 417 g/mol. The second-order valence-electron chi connectivity index (χ2n) is 5.50. The van der Waals surface area contributed by atoms with Gasteiger partial charge in [-0.3, -0.25) is 9.48 Å². The first-order valence-electron chi connectivity index (χ1n) is 8.08. The standard InChI is InChI=1S/C19H17BrFN3O2/c1-2-26-17-10-6-4-8-14(17)19(25)22-18-15(20)12-24(23-18)11-13-7-3-5-9-16(13)21/h3-10,12H,2,11H2,1H3,(H,22,23,25). The summed E-state index contributed by atoms with van der Waals surface area (Å²) in [4.78, 5) is 12.6. The van der Waals surface area contributed by atoms with E-state index in [1.54, 1.807) is 53.3 Å². The molecule has 0 spiro atoms. The van der Waals surface area contributed by atoms with E-state index in [1.807, 2.05) is 6.92 Å². The second kappa shape index (κ2) is 8.14. The van der Waals surface area contributed by atoms with Crippen LogP contribution in [0.25, 0.3) is 0 Å². The van der Waals surface area contributed by atoms with E-state index in [4.69, 9.17) is 4.74 Å². The molecule has 3 aromatic rings. The number of amides is 1. The molecule has 5 nitrogen and oxygen atoms in total. The number of para-hydroxylation sites is 1. The Balaban J connectivity index is 1.78. The number of rotatable bonds is 6. The first-order valence-corrected chi connectivity index (χ1v) is 8.87. The zero-order valence-electron chi connectivity index (χ0n) is 14.1. The molecule has 2 aromatic carbocycles. The molecule has 0 atom stereocenters. The maximum absolute atomic E-state index is 13.8. The molecule has 7 heteroatoms. The van der Waals surface area contributed by atoms with Crippen LogP contribution < -0.4 is 10.1 Å². The number of aromatic nitrogens is 2. The Kier molecular flexibility index (Phi) is 5.68. The van der Waals surface area contributed by atoms with Crippen molar-refractivity contribution in [3.63, 3.8) is 0 Å². The average Bonchev–Trinajstić information content (AvgIpc) is 2.97. The highest BCUT2D eigenvalue weighted by atomic mass is 79.9. The van der Waals surface area contributed by atoms with Gasteiger partial charge in [-0.2, -0.15) is 5.10 Å². The molecule has 0 fully saturated rings. The Labute approximate surface area is 158 Å². The van der Waals surface area contributed by atoms with E-state index in [0.29, 0.717) is 33.8 Å². The SMILES string of the molecule is CCOc1ccccc1C(=O)Nc1nn(Cc2ccccc2F)cc1Br. The Morgan fingerprint density at radius 1 is 1.23 bits per heavy atom. The van der Waals surface area contributed by atoms with E-state index in [2.05, 4.69) is 26.3 Å². The molecule has 0 aliphatic rings. The molecule has 0 aliphatic carbocycles. The Morgan fingerprint density at radius 3 is 2.73 bits per heavy atom. The van der Waals surface area contributed by atoms with Crippen molar-refractivity contribution >= 4 is 27.7 Å². The molecule has 26 heavy (non-hydrogen) atoms. The number of carbonyl (C=O) groups excluding carboxylic acids is 1. The van der Waals surface area contributed by atoms with Gasteiger partial charge in [0.05, 0.1) is 23.2 Å². The maximum Gasteiger partial charge on any atom is 0.260 e. The molecular formula is C19H17BrFN3O2. The van der Waals surface area contributed by atoms with E-state index in [0.717, 1.165) is 0 Å². The minimum Gasteiger partial charge on any atom is -0.493 e. The zero-order chi connectivity index (χ0) is 18.5. The van der Waals surface area contributed by atoms with Crippen LogP contribution in [0.15, 0.2) is 59.2 Å². The lowest BCUT2D eigenvalue weighted by Crippen LogP contribution is -2.14. The van der Waals surface area contributed by atoms with E-state index in [1.165, 1.54) is 6.07 Å². The highest BCUT2D eigenvalue weighted by molar-refractivity contribution is 9.10. The van der Waals surface area contributed by atoms with Crippen LogP contribution in [-0.2, 0) is 6.54 Å². The third-order valence-corrected chi connectivity index (χ3v) is 4.25.